The summed E-state index contributed by atoms with van der Waals surface area (Å²) in [6, 6.07) is 39.5. The lowest BCUT2D eigenvalue weighted by Gasteiger charge is -2.32. The average Bonchev–Trinajstić information content (AvgIpc) is 2.98. The normalized spacial score (nSPS) is 13.1. The quantitative estimate of drug-likeness (QED) is 0.141. The van der Waals surface area contributed by atoms with Gasteiger partial charge in [-0.05, 0) is 62.9 Å². The average molecular weight is 534 g/mol. The van der Waals surface area contributed by atoms with Gasteiger partial charge >= 0.3 is 7.60 Å². The first kappa shape index (κ1) is 25.7. The number of nitrogens with one attached hydrogen (secondary N) is 1. The summed E-state index contributed by atoms with van der Waals surface area (Å²) in [4.78, 5) is 0. The molecule has 0 aliphatic rings. The molecule has 0 saturated heterocycles. The summed E-state index contributed by atoms with van der Waals surface area (Å²) in [5.74, 6) is -0.701. The van der Waals surface area contributed by atoms with Crippen molar-refractivity contribution in [2.45, 2.75) is 25.7 Å². The van der Waals surface area contributed by atoms with Crippen LogP contribution in [0, 0.1) is 0 Å². The molecule has 0 heterocycles. The van der Waals surface area contributed by atoms with Crippen LogP contribution < -0.4 is 5.32 Å². The highest BCUT2D eigenvalue weighted by molar-refractivity contribution is 7.54. The molecule has 196 valence electrons. The summed E-state index contributed by atoms with van der Waals surface area (Å²) in [7, 11) is -3.65. The van der Waals surface area contributed by atoms with Gasteiger partial charge in [-0.25, -0.2) is 0 Å². The molecule has 1 unspecified atom stereocenters. The van der Waals surface area contributed by atoms with E-state index in [2.05, 4.69) is 84.2 Å². The van der Waals surface area contributed by atoms with E-state index in [0.717, 1.165) is 27.5 Å². The van der Waals surface area contributed by atoms with Gasteiger partial charge in [0.2, 0.25) is 0 Å². The lowest BCUT2D eigenvalue weighted by molar-refractivity contribution is 0.206. The Bertz CT molecular complexity index is 1690. The smallest absolute Gasteiger partial charge is 0.308 e. The van der Waals surface area contributed by atoms with Gasteiger partial charge in [0.05, 0.1) is 19.3 Å². The predicted molar refractivity (Wildman–Crippen MR) is 162 cm³/mol. The molecule has 0 fully saturated rings. The number of hydrogen-bond donors (Lipinski definition) is 1. The second kappa shape index (κ2) is 10.9. The van der Waals surface area contributed by atoms with E-state index in [1.54, 1.807) is 0 Å². The molecular weight excluding hydrogens is 501 g/mol. The first-order valence-electron chi connectivity index (χ1n) is 13.5. The Morgan fingerprint density at radius 1 is 0.615 bits per heavy atom. The first-order valence-corrected chi connectivity index (χ1v) is 15.2. The van der Waals surface area contributed by atoms with Crippen molar-refractivity contribution < 1.29 is 13.6 Å². The largest absolute Gasteiger partial charge is 0.351 e. The fraction of sp³-hybridized carbons (Fsp3) is 0.176. The molecule has 0 spiro atoms. The molecule has 0 bridgehead atoms. The Morgan fingerprint density at radius 2 is 1.13 bits per heavy atom. The fourth-order valence-corrected chi connectivity index (χ4v) is 7.72. The summed E-state index contributed by atoms with van der Waals surface area (Å²) in [5.41, 5.74) is 3.06. The van der Waals surface area contributed by atoms with Crippen molar-refractivity contribution >= 4 is 39.9 Å². The highest BCUT2D eigenvalue weighted by Gasteiger charge is 2.40. The van der Waals surface area contributed by atoms with Crippen LogP contribution in [0.25, 0.3) is 32.3 Å². The summed E-state index contributed by atoms with van der Waals surface area (Å²) < 4.78 is 26.7. The third-order valence-corrected chi connectivity index (χ3v) is 9.68. The minimum atomic E-state index is -3.65. The third-order valence-electron chi connectivity index (χ3n) is 7.38. The zero-order chi connectivity index (χ0) is 26.8. The van der Waals surface area contributed by atoms with Crippen molar-refractivity contribution in [2.75, 3.05) is 13.2 Å². The van der Waals surface area contributed by atoms with Gasteiger partial charge in [-0.1, -0.05) is 115 Å². The number of benzene rings is 6. The molecule has 1 atom stereocenters. The first-order chi connectivity index (χ1) is 19.1. The summed E-state index contributed by atoms with van der Waals surface area (Å²) in [5, 5.41) is 10.8. The van der Waals surface area contributed by atoms with Crippen LogP contribution >= 0.6 is 7.60 Å². The monoisotopic (exact) mass is 533 g/mol. The zero-order valence-corrected chi connectivity index (χ0v) is 23.1. The van der Waals surface area contributed by atoms with Crippen LogP contribution in [0.4, 0.5) is 0 Å². The lowest BCUT2D eigenvalue weighted by Crippen LogP contribution is -2.29. The van der Waals surface area contributed by atoms with E-state index in [9.17, 15) is 4.57 Å². The predicted octanol–water partition coefficient (Wildman–Crippen LogP) is 9.23. The van der Waals surface area contributed by atoms with Gasteiger partial charge in [0.25, 0.3) is 0 Å². The molecule has 0 aliphatic heterocycles. The van der Waals surface area contributed by atoms with Crippen LogP contribution in [0.2, 0.25) is 0 Å². The van der Waals surface area contributed by atoms with Gasteiger partial charge in [-0.3, -0.25) is 9.88 Å². The molecule has 6 aromatic rings. The van der Waals surface area contributed by atoms with Crippen molar-refractivity contribution in [3.63, 3.8) is 0 Å². The van der Waals surface area contributed by atoms with E-state index >= 15 is 0 Å². The molecule has 0 aromatic heterocycles. The lowest BCUT2D eigenvalue weighted by atomic mass is 9.91. The van der Waals surface area contributed by atoms with Crippen molar-refractivity contribution in [3.05, 3.63) is 132 Å². The van der Waals surface area contributed by atoms with Gasteiger partial charge < -0.3 is 9.05 Å². The second-order valence-corrected chi connectivity index (χ2v) is 11.8. The van der Waals surface area contributed by atoms with Crippen LogP contribution in [0.15, 0.2) is 115 Å². The summed E-state index contributed by atoms with van der Waals surface area (Å²) >= 11 is 0. The number of rotatable bonds is 10. The second-order valence-electron chi connectivity index (χ2n) is 9.71. The Hall–Kier alpha value is -3.53. The molecule has 39 heavy (non-hydrogen) atoms. The molecule has 6 rings (SSSR count). The zero-order valence-electron chi connectivity index (χ0n) is 22.2. The standard InChI is InChI=1S/C34H32NO3P/c1-3-37-39(36,38-4-2)34(35-33(27-12-7-5-8-13-27)28-14-9-6-10-15-28)30-23-21-26-19-18-24-16-11-17-25-20-22-29(30)32(26)31(24)25/h5-23,33-35H,3-4H2,1-2H3. The fourth-order valence-electron chi connectivity index (χ4n) is 5.73. The van der Waals surface area contributed by atoms with Crippen LogP contribution in [-0.2, 0) is 13.6 Å². The molecule has 0 aliphatic carbocycles. The van der Waals surface area contributed by atoms with Crippen molar-refractivity contribution in [2.24, 2.45) is 0 Å². The highest BCUT2D eigenvalue weighted by atomic mass is 31.2. The van der Waals surface area contributed by atoms with Crippen LogP contribution in [0.1, 0.15) is 42.4 Å². The molecule has 1 N–H and O–H groups in total. The molecule has 6 aromatic carbocycles. The Labute approximate surface area is 229 Å². The van der Waals surface area contributed by atoms with E-state index in [0.29, 0.717) is 0 Å². The van der Waals surface area contributed by atoms with Gasteiger partial charge in [0, 0.05) is 0 Å². The molecule has 4 nitrogen and oxygen atoms in total. The van der Waals surface area contributed by atoms with Crippen LogP contribution in [-0.4, -0.2) is 13.2 Å². The van der Waals surface area contributed by atoms with E-state index in [-0.39, 0.29) is 19.3 Å². The van der Waals surface area contributed by atoms with E-state index in [1.165, 1.54) is 21.5 Å². The maximum Gasteiger partial charge on any atom is 0.351 e. The summed E-state index contributed by atoms with van der Waals surface area (Å²) in [6.45, 7) is 4.28. The van der Waals surface area contributed by atoms with E-state index in [1.807, 2.05) is 50.2 Å². The van der Waals surface area contributed by atoms with Crippen molar-refractivity contribution in [1.29, 1.82) is 0 Å². The maximum atomic E-state index is 14.7. The molecular formula is C34H32NO3P. The third kappa shape index (κ3) is 4.75. The van der Waals surface area contributed by atoms with E-state index < -0.39 is 13.4 Å². The summed E-state index contributed by atoms with van der Waals surface area (Å²) in [6.07, 6.45) is 0. The highest BCUT2D eigenvalue weighted by Crippen LogP contribution is 2.61. The van der Waals surface area contributed by atoms with E-state index in [4.69, 9.17) is 9.05 Å². The minimum Gasteiger partial charge on any atom is -0.308 e. The topological polar surface area (TPSA) is 47.6 Å². The molecule has 0 radical (unpaired) electrons. The van der Waals surface area contributed by atoms with Gasteiger partial charge in [-0.15, -0.1) is 0 Å². The van der Waals surface area contributed by atoms with Crippen LogP contribution in [0.5, 0.6) is 0 Å². The van der Waals surface area contributed by atoms with Gasteiger partial charge in [0.1, 0.15) is 5.78 Å². The molecule has 0 saturated carbocycles. The van der Waals surface area contributed by atoms with Crippen molar-refractivity contribution in [3.8, 4) is 0 Å². The molecule has 5 heteroatoms. The SMILES string of the molecule is CCOP(=O)(OCC)C(NC(c1ccccc1)c1ccccc1)c1ccc2ccc3cccc4ccc1c2c34. The van der Waals surface area contributed by atoms with Crippen LogP contribution in [0.3, 0.4) is 0 Å². The van der Waals surface area contributed by atoms with Crippen molar-refractivity contribution in [1.82, 2.24) is 5.32 Å². The number of hydrogen-bond acceptors (Lipinski definition) is 4. The molecule has 0 amide bonds. The van der Waals surface area contributed by atoms with Gasteiger partial charge in [-0.2, -0.15) is 0 Å². The minimum absolute atomic E-state index is 0.231. The Balaban J connectivity index is 1.60. The Kier molecular flexibility index (Phi) is 7.20. The Morgan fingerprint density at radius 3 is 1.69 bits per heavy atom. The van der Waals surface area contributed by atoms with Gasteiger partial charge in [0.15, 0.2) is 0 Å². The maximum absolute atomic E-state index is 14.7.